The number of nitroso groups, excluding NO2 is 1. The van der Waals surface area contributed by atoms with E-state index in [9.17, 15) is 9.70 Å². The van der Waals surface area contributed by atoms with Crippen molar-refractivity contribution in [2.24, 2.45) is 5.18 Å². The van der Waals surface area contributed by atoms with Crippen molar-refractivity contribution in [2.45, 2.75) is 26.2 Å². The van der Waals surface area contributed by atoms with Crippen LogP contribution < -0.4 is 0 Å². The van der Waals surface area contributed by atoms with Gasteiger partial charge in [-0.15, -0.1) is 4.91 Å². The fourth-order valence-corrected chi connectivity index (χ4v) is 1.07. The van der Waals surface area contributed by atoms with Gasteiger partial charge >= 0.3 is 0 Å². The molecule has 0 spiro atoms. The second-order valence-electron chi connectivity index (χ2n) is 2.44. The SMILES string of the molecule is CC1=C(N=O)CCCC1=O. The van der Waals surface area contributed by atoms with Gasteiger partial charge < -0.3 is 0 Å². The van der Waals surface area contributed by atoms with Gasteiger partial charge in [0, 0.05) is 12.0 Å². The van der Waals surface area contributed by atoms with Gasteiger partial charge in [-0.3, -0.25) is 4.79 Å². The van der Waals surface area contributed by atoms with Crippen LogP contribution in [0.4, 0.5) is 0 Å². The van der Waals surface area contributed by atoms with E-state index in [1.165, 1.54) is 0 Å². The van der Waals surface area contributed by atoms with E-state index < -0.39 is 0 Å². The van der Waals surface area contributed by atoms with Crippen LogP contribution in [0.5, 0.6) is 0 Å². The number of hydrogen-bond acceptors (Lipinski definition) is 3. The number of rotatable bonds is 1. The molecule has 1 rings (SSSR count). The molecule has 0 saturated heterocycles. The molecule has 10 heavy (non-hydrogen) atoms. The molecule has 0 aliphatic heterocycles. The van der Waals surface area contributed by atoms with E-state index in [2.05, 4.69) is 5.18 Å². The third-order valence-corrected chi connectivity index (χ3v) is 1.78. The highest BCUT2D eigenvalue weighted by Gasteiger charge is 2.16. The minimum absolute atomic E-state index is 0.0702. The summed E-state index contributed by atoms with van der Waals surface area (Å²) in [5, 5.41) is 2.79. The lowest BCUT2D eigenvalue weighted by molar-refractivity contribution is -0.116. The Morgan fingerprint density at radius 1 is 1.40 bits per heavy atom. The summed E-state index contributed by atoms with van der Waals surface area (Å²) >= 11 is 0. The molecule has 0 radical (unpaired) electrons. The first-order valence-corrected chi connectivity index (χ1v) is 3.32. The van der Waals surface area contributed by atoms with Crippen LogP contribution in [-0.2, 0) is 4.79 Å². The fourth-order valence-electron chi connectivity index (χ4n) is 1.07. The van der Waals surface area contributed by atoms with Gasteiger partial charge in [-0.2, -0.15) is 0 Å². The molecule has 0 saturated carbocycles. The van der Waals surface area contributed by atoms with E-state index in [4.69, 9.17) is 0 Å². The number of nitrogens with zero attached hydrogens (tertiary/aromatic N) is 1. The molecule has 0 atom stereocenters. The van der Waals surface area contributed by atoms with Crippen molar-refractivity contribution in [3.8, 4) is 0 Å². The fraction of sp³-hybridized carbons (Fsp3) is 0.571. The number of ketones is 1. The van der Waals surface area contributed by atoms with Gasteiger partial charge in [0.1, 0.15) is 0 Å². The van der Waals surface area contributed by atoms with Crippen molar-refractivity contribution in [1.29, 1.82) is 0 Å². The molecule has 1 aliphatic rings. The van der Waals surface area contributed by atoms with Crippen molar-refractivity contribution < 1.29 is 4.79 Å². The van der Waals surface area contributed by atoms with Crippen LogP contribution in [-0.4, -0.2) is 5.78 Å². The molecule has 0 aromatic carbocycles. The Morgan fingerprint density at radius 2 is 2.10 bits per heavy atom. The lowest BCUT2D eigenvalue weighted by Crippen LogP contribution is -2.07. The van der Waals surface area contributed by atoms with E-state index >= 15 is 0 Å². The first-order valence-electron chi connectivity index (χ1n) is 3.32. The zero-order valence-corrected chi connectivity index (χ0v) is 5.89. The van der Waals surface area contributed by atoms with Gasteiger partial charge in [0.2, 0.25) is 0 Å². The number of allylic oxidation sites excluding steroid dienone is 2. The molecule has 0 aromatic heterocycles. The van der Waals surface area contributed by atoms with Crippen molar-refractivity contribution in [3.05, 3.63) is 16.2 Å². The van der Waals surface area contributed by atoms with Crippen molar-refractivity contribution >= 4 is 5.78 Å². The molecule has 3 nitrogen and oxygen atoms in total. The van der Waals surface area contributed by atoms with Gasteiger partial charge in [-0.25, -0.2) is 0 Å². The Labute approximate surface area is 59.1 Å². The van der Waals surface area contributed by atoms with Crippen LogP contribution >= 0.6 is 0 Å². The largest absolute Gasteiger partial charge is 0.294 e. The predicted molar refractivity (Wildman–Crippen MR) is 37.4 cm³/mol. The molecule has 3 heteroatoms. The average molecular weight is 139 g/mol. The van der Waals surface area contributed by atoms with E-state index in [1.807, 2.05) is 0 Å². The molecule has 1 aliphatic carbocycles. The number of hydrogen-bond donors (Lipinski definition) is 0. The van der Waals surface area contributed by atoms with Crippen LogP contribution in [0.15, 0.2) is 16.4 Å². The van der Waals surface area contributed by atoms with Crippen LogP contribution in [0, 0.1) is 4.91 Å². The summed E-state index contributed by atoms with van der Waals surface area (Å²) in [5.41, 5.74) is 0.998. The van der Waals surface area contributed by atoms with Crippen molar-refractivity contribution in [1.82, 2.24) is 0 Å². The molecule has 0 bridgehead atoms. The second kappa shape index (κ2) is 2.73. The number of carbonyl (C=O) groups excluding carboxylic acids is 1. The van der Waals surface area contributed by atoms with E-state index in [1.54, 1.807) is 6.92 Å². The van der Waals surface area contributed by atoms with Crippen LogP contribution in [0.25, 0.3) is 0 Å². The van der Waals surface area contributed by atoms with Gasteiger partial charge in [0.05, 0.1) is 5.70 Å². The van der Waals surface area contributed by atoms with Crippen molar-refractivity contribution in [3.63, 3.8) is 0 Å². The molecule has 0 N–H and O–H groups in total. The molecular weight excluding hydrogens is 130 g/mol. The Bertz CT molecular complexity index is 206. The summed E-state index contributed by atoms with van der Waals surface area (Å²) in [5.74, 6) is 0.0702. The molecule has 0 heterocycles. The Kier molecular flexibility index (Phi) is 1.94. The molecule has 0 amide bonds. The van der Waals surface area contributed by atoms with Gasteiger partial charge in [-0.05, 0) is 24.9 Å². The van der Waals surface area contributed by atoms with Gasteiger partial charge in [0.25, 0.3) is 0 Å². The second-order valence-corrected chi connectivity index (χ2v) is 2.44. The highest BCUT2D eigenvalue weighted by Crippen LogP contribution is 2.21. The molecule has 0 aromatic rings. The minimum atomic E-state index is 0.0702. The Hall–Kier alpha value is -0.990. The monoisotopic (exact) mass is 139 g/mol. The van der Waals surface area contributed by atoms with E-state index in [-0.39, 0.29) is 5.78 Å². The standard InChI is InChI=1S/C7H9NO2/c1-5-6(8-10)3-2-4-7(5)9/h2-4H2,1H3. The lowest BCUT2D eigenvalue weighted by Gasteiger charge is -2.09. The third kappa shape index (κ3) is 1.12. The van der Waals surface area contributed by atoms with E-state index in [0.29, 0.717) is 24.1 Å². The van der Waals surface area contributed by atoms with Crippen molar-refractivity contribution in [2.75, 3.05) is 0 Å². The maximum atomic E-state index is 10.9. The molecule has 0 unspecified atom stereocenters. The number of carbonyl (C=O) groups is 1. The molecule has 0 fully saturated rings. The highest BCUT2D eigenvalue weighted by atomic mass is 16.3. The smallest absolute Gasteiger partial charge is 0.160 e. The quantitative estimate of drug-likeness (QED) is 0.520. The Balaban J connectivity index is 2.92. The van der Waals surface area contributed by atoms with Crippen LogP contribution in [0.3, 0.4) is 0 Å². The Morgan fingerprint density at radius 3 is 2.60 bits per heavy atom. The first kappa shape index (κ1) is 7.12. The molecule has 54 valence electrons. The molecular formula is C7H9NO2. The topological polar surface area (TPSA) is 46.5 Å². The summed E-state index contributed by atoms with van der Waals surface area (Å²) in [6, 6.07) is 0. The zero-order chi connectivity index (χ0) is 7.56. The van der Waals surface area contributed by atoms with E-state index in [0.717, 1.165) is 6.42 Å². The predicted octanol–water partition coefficient (Wildman–Crippen LogP) is 1.78. The normalized spacial score (nSPS) is 19.5. The highest BCUT2D eigenvalue weighted by molar-refractivity contribution is 5.96. The summed E-state index contributed by atoms with van der Waals surface area (Å²) in [6.45, 7) is 1.66. The van der Waals surface area contributed by atoms with Crippen LogP contribution in [0.2, 0.25) is 0 Å². The summed E-state index contributed by atoms with van der Waals surface area (Å²) in [7, 11) is 0. The summed E-state index contributed by atoms with van der Waals surface area (Å²) in [6.07, 6.45) is 2.02. The average Bonchev–Trinajstić information content (AvgIpc) is 1.95. The third-order valence-electron chi connectivity index (χ3n) is 1.78. The van der Waals surface area contributed by atoms with Crippen LogP contribution in [0.1, 0.15) is 26.2 Å². The lowest BCUT2D eigenvalue weighted by atomic mass is 9.97. The van der Waals surface area contributed by atoms with Gasteiger partial charge in [0.15, 0.2) is 5.78 Å². The van der Waals surface area contributed by atoms with Gasteiger partial charge in [-0.1, -0.05) is 0 Å². The minimum Gasteiger partial charge on any atom is -0.294 e. The summed E-state index contributed by atoms with van der Waals surface area (Å²) < 4.78 is 0. The zero-order valence-electron chi connectivity index (χ0n) is 5.89. The number of Topliss-reactive ketones (excluding diaryl/α,β-unsaturated/α-hetero) is 1. The maximum absolute atomic E-state index is 10.9. The maximum Gasteiger partial charge on any atom is 0.160 e. The summed E-state index contributed by atoms with van der Waals surface area (Å²) in [4.78, 5) is 21.0. The first-order chi connectivity index (χ1) is 4.75.